The normalized spacial score (nSPS) is 12.3. The van der Waals surface area contributed by atoms with E-state index in [-0.39, 0.29) is 24.7 Å². The molecule has 2 aromatic rings. The molecule has 0 aliphatic heterocycles. The molecule has 0 aliphatic carbocycles. The smallest absolute Gasteiger partial charge is 0.326 e. The van der Waals surface area contributed by atoms with Gasteiger partial charge in [-0.3, -0.25) is 4.79 Å². The number of hydrogen-bond acceptors (Lipinski definition) is 6. The molecule has 0 unspecified atom stereocenters. The molecule has 8 heteroatoms. The van der Waals surface area contributed by atoms with Crippen LogP contribution in [0.3, 0.4) is 0 Å². The Morgan fingerprint density at radius 3 is 2.77 bits per heavy atom. The number of furan rings is 1. The van der Waals surface area contributed by atoms with Crippen molar-refractivity contribution < 1.29 is 23.6 Å². The Kier molecular flexibility index (Phi) is 4.92. The first kappa shape index (κ1) is 15.7. The van der Waals surface area contributed by atoms with Gasteiger partial charge in [0.25, 0.3) is 0 Å². The van der Waals surface area contributed by atoms with Gasteiger partial charge in [0.2, 0.25) is 17.6 Å². The molecule has 2 rings (SSSR count). The van der Waals surface area contributed by atoms with Crippen LogP contribution in [0.25, 0.3) is 11.4 Å². The summed E-state index contributed by atoms with van der Waals surface area (Å²) in [5.41, 5.74) is 0.685. The fraction of sp³-hybridized carbons (Fsp3) is 0.429. The van der Waals surface area contributed by atoms with Gasteiger partial charge in [-0.15, -0.1) is 0 Å². The lowest BCUT2D eigenvalue weighted by Crippen LogP contribution is -2.44. The largest absolute Gasteiger partial charge is 0.480 e. The van der Waals surface area contributed by atoms with Gasteiger partial charge in [-0.25, -0.2) is 4.79 Å². The maximum atomic E-state index is 11.8. The molecule has 1 amide bonds. The summed E-state index contributed by atoms with van der Waals surface area (Å²) in [5.74, 6) is -0.928. The van der Waals surface area contributed by atoms with Crippen LogP contribution >= 0.6 is 0 Å². The maximum absolute atomic E-state index is 11.8. The highest BCUT2D eigenvalue weighted by Crippen LogP contribution is 2.16. The second kappa shape index (κ2) is 6.88. The van der Waals surface area contributed by atoms with Crippen molar-refractivity contribution in [2.24, 2.45) is 5.92 Å². The summed E-state index contributed by atoms with van der Waals surface area (Å²) in [6, 6.07) is 0.790. The van der Waals surface area contributed by atoms with E-state index in [1.54, 1.807) is 19.9 Å². The minimum atomic E-state index is -1.05. The molecule has 2 heterocycles. The highest BCUT2D eigenvalue weighted by Gasteiger charge is 2.23. The van der Waals surface area contributed by atoms with Gasteiger partial charge >= 0.3 is 5.97 Å². The van der Waals surface area contributed by atoms with E-state index in [4.69, 9.17) is 14.0 Å². The molecule has 0 aliphatic rings. The number of carboxylic acids is 1. The maximum Gasteiger partial charge on any atom is 0.326 e. The van der Waals surface area contributed by atoms with Crippen molar-refractivity contribution in [3.63, 3.8) is 0 Å². The van der Waals surface area contributed by atoms with Crippen molar-refractivity contribution in [2.75, 3.05) is 0 Å². The predicted octanol–water partition coefficient (Wildman–Crippen LogP) is 1.49. The van der Waals surface area contributed by atoms with Gasteiger partial charge in [0, 0.05) is 12.8 Å². The number of carboxylic acid groups (broad SMARTS) is 1. The first-order valence-corrected chi connectivity index (χ1v) is 6.84. The van der Waals surface area contributed by atoms with Crippen LogP contribution in [0.5, 0.6) is 0 Å². The number of nitrogens with zero attached hydrogens (tertiary/aromatic N) is 2. The van der Waals surface area contributed by atoms with Crippen molar-refractivity contribution in [1.29, 1.82) is 0 Å². The second-order valence-electron chi connectivity index (χ2n) is 5.15. The summed E-state index contributed by atoms with van der Waals surface area (Å²) in [5, 5.41) is 15.3. The SMILES string of the molecule is CC(C)[C@H](NC(=O)CCc1nc(-c2ccoc2)no1)C(=O)O. The fourth-order valence-electron chi connectivity index (χ4n) is 1.84. The van der Waals surface area contributed by atoms with E-state index in [1.807, 2.05) is 0 Å². The lowest BCUT2D eigenvalue weighted by atomic mass is 10.0. The predicted molar refractivity (Wildman–Crippen MR) is 74.7 cm³/mol. The topological polar surface area (TPSA) is 118 Å². The van der Waals surface area contributed by atoms with Crippen LogP contribution in [0.1, 0.15) is 26.2 Å². The molecule has 1 atom stereocenters. The highest BCUT2D eigenvalue weighted by atomic mass is 16.5. The minimum absolute atomic E-state index is 0.0729. The Balaban J connectivity index is 1.87. The molecule has 22 heavy (non-hydrogen) atoms. The van der Waals surface area contributed by atoms with Crippen molar-refractivity contribution >= 4 is 11.9 Å². The Morgan fingerprint density at radius 1 is 1.41 bits per heavy atom. The van der Waals surface area contributed by atoms with Gasteiger partial charge in [0.15, 0.2) is 0 Å². The number of amides is 1. The summed E-state index contributed by atoms with van der Waals surface area (Å²) in [4.78, 5) is 27.0. The molecule has 118 valence electrons. The minimum Gasteiger partial charge on any atom is -0.480 e. The van der Waals surface area contributed by atoms with Crippen LogP contribution in [0.15, 0.2) is 27.5 Å². The first-order chi connectivity index (χ1) is 10.5. The highest BCUT2D eigenvalue weighted by molar-refractivity contribution is 5.83. The number of aryl methyl sites for hydroxylation is 1. The molecule has 0 fully saturated rings. The zero-order valence-electron chi connectivity index (χ0n) is 12.3. The lowest BCUT2D eigenvalue weighted by Gasteiger charge is -2.17. The van der Waals surface area contributed by atoms with Crippen LogP contribution < -0.4 is 5.32 Å². The zero-order chi connectivity index (χ0) is 16.1. The molecule has 2 aromatic heterocycles. The monoisotopic (exact) mass is 307 g/mol. The second-order valence-corrected chi connectivity index (χ2v) is 5.15. The number of aliphatic carboxylic acids is 1. The van der Waals surface area contributed by atoms with Gasteiger partial charge in [-0.2, -0.15) is 4.98 Å². The number of carbonyl (C=O) groups excluding carboxylic acids is 1. The van der Waals surface area contributed by atoms with Crippen molar-refractivity contribution in [3.8, 4) is 11.4 Å². The summed E-state index contributed by atoms with van der Waals surface area (Å²) in [6.45, 7) is 3.46. The van der Waals surface area contributed by atoms with Crippen molar-refractivity contribution in [3.05, 3.63) is 24.5 Å². The van der Waals surface area contributed by atoms with Crippen LogP contribution in [0, 0.1) is 5.92 Å². The summed E-state index contributed by atoms with van der Waals surface area (Å²) >= 11 is 0. The van der Waals surface area contributed by atoms with E-state index >= 15 is 0 Å². The molecule has 0 radical (unpaired) electrons. The standard InChI is InChI=1S/C14H17N3O5/c1-8(2)12(14(19)20)15-10(18)3-4-11-16-13(17-22-11)9-5-6-21-7-9/h5-8,12H,3-4H2,1-2H3,(H,15,18)(H,19,20)/t12-/m0/s1. The van der Waals surface area contributed by atoms with E-state index in [2.05, 4.69) is 15.5 Å². The third-order valence-corrected chi connectivity index (χ3v) is 3.06. The summed E-state index contributed by atoms with van der Waals surface area (Å²) in [6.07, 6.45) is 3.29. The van der Waals surface area contributed by atoms with Crippen LogP contribution in [-0.4, -0.2) is 33.2 Å². The zero-order valence-corrected chi connectivity index (χ0v) is 12.3. The van der Waals surface area contributed by atoms with Gasteiger partial charge in [-0.05, 0) is 12.0 Å². The van der Waals surface area contributed by atoms with Gasteiger partial charge in [-0.1, -0.05) is 19.0 Å². The molecule has 0 saturated heterocycles. The van der Waals surface area contributed by atoms with Crippen molar-refractivity contribution in [1.82, 2.24) is 15.5 Å². The third kappa shape index (κ3) is 3.94. The van der Waals surface area contributed by atoms with Gasteiger partial charge in [0.05, 0.1) is 11.8 Å². The van der Waals surface area contributed by atoms with Crippen LogP contribution in [0.2, 0.25) is 0 Å². The number of carbonyl (C=O) groups is 2. The Hall–Kier alpha value is -2.64. The number of rotatable bonds is 7. The molecule has 0 aromatic carbocycles. The van der Waals surface area contributed by atoms with E-state index < -0.39 is 12.0 Å². The molecular formula is C14H17N3O5. The van der Waals surface area contributed by atoms with Gasteiger partial charge in [0.1, 0.15) is 12.3 Å². The Morgan fingerprint density at radius 2 is 2.18 bits per heavy atom. The van der Waals surface area contributed by atoms with Crippen LogP contribution in [-0.2, 0) is 16.0 Å². The fourth-order valence-corrected chi connectivity index (χ4v) is 1.84. The summed E-state index contributed by atoms with van der Waals surface area (Å²) < 4.78 is 9.96. The van der Waals surface area contributed by atoms with Crippen molar-refractivity contribution in [2.45, 2.75) is 32.7 Å². The molecule has 0 spiro atoms. The number of nitrogens with one attached hydrogen (secondary N) is 1. The number of aromatic nitrogens is 2. The molecule has 0 saturated carbocycles. The average molecular weight is 307 g/mol. The molecule has 2 N–H and O–H groups in total. The van der Waals surface area contributed by atoms with E-state index in [0.717, 1.165) is 0 Å². The third-order valence-electron chi connectivity index (χ3n) is 3.06. The molecule has 8 nitrogen and oxygen atoms in total. The average Bonchev–Trinajstić information content (AvgIpc) is 3.12. The summed E-state index contributed by atoms with van der Waals surface area (Å²) in [7, 11) is 0. The lowest BCUT2D eigenvalue weighted by molar-refractivity contribution is -0.143. The quantitative estimate of drug-likeness (QED) is 0.795. The van der Waals surface area contributed by atoms with E-state index in [1.165, 1.54) is 12.5 Å². The number of hydrogen-bond donors (Lipinski definition) is 2. The Labute approximate surface area is 126 Å². The van der Waals surface area contributed by atoms with E-state index in [9.17, 15) is 9.59 Å². The van der Waals surface area contributed by atoms with Gasteiger partial charge < -0.3 is 19.4 Å². The van der Waals surface area contributed by atoms with Crippen LogP contribution in [0.4, 0.5) is 0 Å². The first-order valence-electron chi connectivity index (χ1n) is 6.84. The molecule has 0 bridgehead atoms. The Bertz CT molecular complexity index is 633. The molecular weight excluding hydrogens is 290 g/mol. The van der Waals surface area contributed by atoms with E-state index in [0.29, 0.717) is 17.3 Å².